The third kappa shape index (κ3) is 4.68. The second-order valence-corrected chi connectivity index (χ2v) is 7.10. The van der Waals surface area contributed by atoms with Crippen LogP contribution in [0.3, 0.4) is 0 Å². The van der Waals surface area contributed by atoms with E-state index in [-0.39, 0.29) is 18.7 Å². The normalized spacial score (nSPS) is 17.6. The Morgan fingerprint density at radius 1 is 1.18 bits per heavy atom. The number of aryl methyl sites for hydroxylation is 1. The van der Waals surface area contributed by atoms with E-state index in [2.05, 4.69) is 0 Å². The topological polar surface area (TPSA) is 59.7 Å². The zero-order valence-electron chi connectivity index (χ0n) is 16.4. The summed E-state index contributed by atoms with van der Waals surface area (Å²) in [5.74, 6) is -0.852. The Morgan fingerprint density at radius 2 is 1.96 bits per heavy atom. The van der Waals surface area contributed by atoms with Crippen molar-refractivity contribution in [3.05, 3.63) is 66.0 Å². The zero-order valence-corrected chi connectivity index (χ0v) is 16.4. The highest BCUT2D eigenvalue weighted by Crippen LogP contribution is 2.32. The van der Waals surface area contributed by atoms with E-state index in [1.165, 1.54) is 7.11 Å². The van der Waals surface area contributed by atoms with Gasteiger partial charge in [0.05, 0.1) is 13.2 Å². The number of likely N-dealkylation sites (tertiary alicyclic amines) is 1. The van der Waals surface area contributed by atoms with Crippen molar-refractivity contribution in [1.82, 2.24) is 4.90 Å². The molecule has 1 aromatic carbocycles. The van der Waals surface area contributed by atoms with Gasteiger partial charge in [-0.05, 0) is 37.8 Å². The molecule has 6 nitrogen and oxygen atoms in total. The lowest BCUT2D eigenvalue weighted by Gasteiger charge is -2.38. The first kappa shape index (κ1) is 19.9. The van der Waals surface area contributed by atoms with E-state index in [9.17, 15) is 9.59 Å². The number of pyridine rings is 1. The molecule has 2 unspecified atom stereocenters. The Morgan fingerprint density at radius 3 is 2.68 bits per heavy atom. The molecule has 1 amide bonds. The molecule has 148 valence electrons. The van der Waals surface area contributed by atoms with Crippen molar-refractivity contribution in [2.45, 2.75) is 44.9 Å². The molecule has 0 radical (unpaired) electrons. The fourth-order valence-electron chi connectivity index (χ4n) is 3.78. The van der Waals surface area contributed by atoms with Crippen LogP contribution >= 0.6 is 0 Å². The summed E-state index contributed by atoms with van der Waals surface area (Å²) < 4.78 is 12.4. The monoisotopic (exact) mass is 383 g/mol. The lowest BCUT2D eigenvalue weighted by molar-refractivity contribution is -0.727. The number of benzene rings is 1. The van der Waals surface area contributed by atoms with Crippen molar-refractivity contribution in [2.24, 2.45) is 0 Å². The Hall–Kier alpha value is -2.89. The van der Waals surface area contributed by atoms with Crippen molar-refractivity contribution in [3.63, 3.8) is 0 Å². The molecule has 2 atom stereocenters. The van der Waals surface area contributed by atoms with E-state index < -0.39 is 12.0 Å². The predicted octanol–water partition coefficient (Wildman–Crippen LogP) is 3.19. The Labute approximate surface area is 165 Å². The van der Waals surface area contributed by atoms with Crippen LogP contribution < -0.4 is 4.57 Å². The molecule has 0 N–H and O–H groups in total. The van der Waals surface area contributed by atoms with E-state index in [0.717, 1.165) is 30.4 Å². The summed E-state index contributed by atoms with van der Waals surface area (Å²) >= 11 is 0. The van der Waals surface area contributed by atoms with E-state index in [1.807, 2.05) is 66.3 Å². The van der Waals surface area contributed by atoms with Crippen LogP contribution in [0.2, 0.25) is 0 Å². The number of carbonyl (C=O) groups is 2. The zero-order chi connectivity index (χ0) is 19.9. The molecule has 0 spiro atoms. The number of methoxy groups -OCH3 is 1. The number of hydrogen-bond donors (Lipinski definition) is 0. The first-order valence-electron chi connectivity index (χ1n) is 9.62. The van der Waals surface area contributed by atoms with Crippen molar-refractivity contribution < 1.29 is 23.6 Å². The molecule has 6 heteroatoms. The van der Waals surface area contributed by atoms with Gasteiger partial charge in [-0.15, -0.1) is 0 Å². The largest absolute Gasteiger partial charge is 0.468 e. The summed E-state index contributed by atoms with van der Waals surface area (Å²) in [5.41, 5.74) is 1.94. The number of nitrogens with zero attached hydrogens (tertiary/aromatic N) is 2. The number of amides is 1. The molecule has 1 saturated heterocycles. The van der Waals surface area contributed by atoms with Gasteiger partial charge in [-0.3, -0.25) is 4.79 Å². The maximum absolute atomic E-state index is 12.9. The first-order chi connectivity index (χ1) is 13.6. The number of rotatable bonds is 5. The van der Waals surface area contributed by atoms with Crippen LogP contribution in [0.4, 0.5) is 4.79 Å². The summed E-state index contributed by atoms with van der Waals surface area (Å²) in [6, 6.07) is 13.1. The van der Waals surface area contributed by atoms with Crippen molar-refractivity contribution in [2.75, 3.05) is 13.7 Å². The number of esters is 1. The van der Waals surface area contributed by atoms with Crippen LogP contribution in [0.25, 0.3) is 0 Å². The molecule has 1 aromatic heterocycles. The van der Waals surface area contributed by atoms with Crippen LogP contribution in [-0.2, 0) is 21.0 Å². The molecule has 1 aliphatic heterocycles. The van der Waals surface area contributed by atoms with Gasteiger partial charge in [-0.1, -0.05) is 30.3 Å². The molecule has 2 aromatic rings. The standard InChI is InChI=1S/C22H27N2O4/c1-17-9-8-13-23(15-17)16-28-22(26)24-14-7-6-12-19(24)20(21(25)27-2)18-10-4-3-5-11-18/h3-5,8-11,13,15,19-20H,6-7,12,14,16H2,1-2H3/q+1. The molecule has 0 aliphatic carbocycles. The van der Waals surface area contributed by atoms with Crippen LogP contribution in [0.5, 0.6) is 0 Å². The van der Waals surface area contributed by atoms with Gasteiger partial charge < -0.3 is 14.4 Å². The predicted molar refractivity (Wildman–Crippen MR) is 103 cm³/mol. The number of piperidine rings is 1. The van der Waals surface area contributed by atoms with Gasteiger partial charge in [0, 0.05) is 18.2 Å². The quantitative estimate of drug-likeness (QED) is 0.588. The minimum Gasteiger partial charge on any atom is -0.468 e. The molecule has 0 bridgehead atoms. The summed E-state index contributed by atoms with van der Waals surface area (Å²) in [4.78, 5) is 27.1. The smallest absolute Gasteiger partial charge is 0.414 e. The minimum atomic E-state index is -0.523. The summed E-state index contributed by atoms with van der Waals surface area (Å²) in [7, 11) is 1.39. The summed E-state index contributed by atoms with van der Waals surface area (Å²) in [6.07, 6.45) is 5.97. The SMILES string of the molecule is COC(=O)C(c1ccccc1)C1CCCCN1C(=O)OC[n+]1cccc(C)c1. The molecule has 3 rings (SSSR count). The van der Waals surface area contributed by atoms with Crippen molar-refractivity contribution >= 4 is 12.1 Å². The summed E-state index contributed by atoms with van der Waals surface area (Å²) in [6.45, 7) is 2.69. The van der Waals surface area contributed by atoms with Gasteiger partial charge in [-0.25, -0.2) is 4.79 Å². The number of ether oxygens (including phenoxy) is 2. The van der Waals surface area contributed by atoms with Crippen LogP contribution in [0.1, 0.15) is 36.3 Å². The van der Waals surface area contributed by atoms with Gasteiger partial charge in [0.15, 0.2) is 12.4 Å². The maximum Gasteiger partial charge on any atom is 0.414 e. The Bertz CT molecular complexity index is 809. The third-order valence-electron chi connectivity index (χ3n) is 5.13. The molecule has 28 heavy (non-hydrogen) atoms. The minimum absolute atomic E-state index is 0.137. The average molecular weight is 383 g/mol. The number of aromatic nitrogens is 1. The lowest BCUT2D eigenvalue weighted by atomic mass is 9.85. The van der Waals surface area contributed by atoms with Gasteiger partial charge in [0.2, 0.25) is 0 Å². The Balaban J connectivity index is 1.77. The van der Waals surface area contributed by atoms with Crippen LogP contribution in [0, 0.1) is 6.92 Å². The lowest BCUT2D eigenvalue weighted by Crippen LogP contribution is -2.50. The summed E-state index contributed by atoms with van der Waals surface area (Å²) in [5, 5.41) is 0. The van der Waals surface area contributed by atoms with Crippen molar-refractivity contribution in [3.8, 4) is 0 Å². The van der Waals surface area contributed by atoms with E-state index in [4.69, 9.17) is 9.47 Å². The Kier molecular flexibility index (Phi) is 6.63. The third-order valence-corrected chi connectivity index (χ3v) is 5.13. The van der Waals surface area contributed by atoms with Gasteiger partial charge in [-0.2, -0.15) is 4.57 Å². The molecule has 1 fully saturated rings. The molecule has 2 heterocycles. The number of hydrogen-bond acceptors (Lipinski definition) is 4. The van der Waals surface area contributed by atoms with Crippen molar-refractivity contribution in [1.29, 1.82) is 0 Å². The average Bonchev–Trinajstić information content (AvgIpc) is 2.73. The maximum atomic E-state index is 12.9. The highest BCUT2D eigenvalue weighted by Gasteiger charge is 2.39. The molecule has 0 saturated carbocycles. The van der Waals surface area contributed by atoms with E-state index in [1.54, 1.807) is 4.90 Å². The fourth-order valence-corrected chi connectivity index (χ4v) is 3.78. The highest BCUT2D eigenvalue weighted by molar-refractivity contribution is 5.80. The fraction of sp³-hybridized carbons (Fsp3) is 0.409. The second kappa shape index (κ2) is 9.35. The van der Waals surface area contributed by atoms with Crippen LogP contribution in [-0.4, -0.2) is 36.7 Å². The highest BCUT2D eigenvalue weighted by atomic mass is 16.6. The van der Waals surface area contributed by atoms with E-state index >= 15 is 0 Å². The van der Waals surface area contributed by atoms with E-state index in [0.29, 0.717) is 6.54 Å². The second-order valence-electron chi connectivity index (χ2n) is 7.10. The first-order valence-corrected chi connectivity index (χ1v) is 9.62. The van der Waals surface area contributed by atoms with Gasteiger partial charge in [0.1, 0.15) is 5.92 Å². The van der Waals surface area contributed by atoms with Gasteiger partial charge in [0.25, 0.3) is 6.73 Å². The molecular weight excluding hydrogens is 356 g/mol. The number of carbonyl (C=O) groups excluding carboxylic acids is 2. The van der Waals surface area contributed by atoms with Crippen LogP contribution in [0.15, 0.2) is 54.9 Å². The molecular formula is C22H27N2O4+. The van der Waals surface area contributed by atoms with Gasteiger partial charge >= 0.3 is 12.1 Å². The molecule has 1 aliphatic rings.